The molecule has 17 heavy (non-hydrogen) atoms. The molecule has 90 valence electrons. The smallest absolute Gasteiger partial charge is 0.211 e. The molecule has 0 atom stereocenters. The van der Waals surface area contributed by atoms with Crippen molar-refractivity contribution in [2.45, 2.75) is 6.54 Å². The zero-order chi connectivity index (χ0) is 12.3. The van der Waals surface area contributed by atoms with Gasteiger partial charge in [0, 0.05) is 19.2 Å². The van der Waals surface area contributed by atoms with Crippen molar-refractivity contribution in [2.24, 2.45) is 7.05 Å². The molecule has 7 nitrogen and oxygen atoms in total. The minimum atomic E-state index is 0.432. The number of nitrogens with two attached hydrogens (primary N) is 1. The van der Waals surface area contributed by atoms with Crippen LogP contribution < -0.4 is 15.8 Å². The highest BCUT2D eigenvalue weighted by Gasteiger charge is 2.04. The third kappa shape index (κ3) is 2.63. The first-order valence-corrected chi connectivity index (χ1v) is 5.07. The van der Waals surface area contributed by atoms with Crippen molar-refractivity contribution in [3.05, 3.63) is 24.2 Å². The lowest BCUT2D eigenvalue weighted by atomic mass is 10.4. The first-order valence-electron chi connectivity index (χ1n) is 5.07. The number of rotatable bonds is 4. The molecule has 0 aliphatic rings. The summed E-state index contributed by atoms with van der Waals surface area (Å²) in [6, 6.07) is 3.53. The summed E-state index contributed by atoms with van der Waals surface area (Å²) < 4.78 is 6.80. The van der Waals surface area contributed by atoms with E-state index in [0.717, 1.165) is 5.69 Å². The molecule has 2 aromatic heterocycles. The average molecular weight is 234 g/mol. The van der Waals surface area contributed by atoms with E-state index in [-0.39, 0.29) is 0 Å². The fourth-order valence-electron chi connectivity index (χ4n) is 1.43. The summed E-state index contributed by atoms with van der Waals surface area (Å²) in [6.07, 6.45) is 1.41. The molecule has 2 aromatic rings. The molecular formula is C10H14N6O. The van der Waals surface area contributed by atoms with Crippen molar-refractivity contribution in [1.29, 1.82) is 0 Å². The number of methoxy groups -OCH3 is 1. The van der Waals surface area contributed by atoms with Crippen LogP contribution in [0.2, 0.25) is 0 Å². The summed E-state index contributed by atoms with van der Waals surface area (Å²) in [5, 5.41) is 7.38. The molecule has 0 aliphatic carbocycles. The van der Waals surface area contributed by atoms with Crippen LogP contribution in [0.15, 0.2) is 18.5 Å². The summed E-state index contributed by atoms with van der Waals surface area (Å²) in [7, 11) is 3.43. The molecule has 0 saturated heterocycles. The van der Waals surface area contributed by atoms with Crippen molar-refractivity contribution < 1.29 is 4.74 Å². The third-order valence-corrected chi connectivity index (χ3v) is 2.24. The summed E-state index contributed by atoms with van der Waals surface area (Å²) in [5.74, 6) is 1.81. The van der Waals surface area contributed by atoms with Gasteiger partial charge in [0.1, 0.15) is 18.0 Å². The van der Waals surface area contributed by atoms with Gasteiger partial charge < -0.3 is 15.8 Å². The number of nitrogen functional groups attached to an aromatic ring is 1. The predicted octanol–water partition coefficient (Wildman–Crippen LogP) is 0.413. The van der Waals surface area contributed by atoms with Crippen LogP contribution >= 0.6 is 0 Å². The van der Waals surface area contributed by atoms with Crippen LogP contribution in [0.5, 0.6) is 5.88 Å². The zero-order valence-corrected chi connectivity index (χ0v) is 9.71. The normalized spacial score (nSPS) is 10.2. The van der Waals surface area contributed by atoms with E-state index >= 15 is 0 Å². The molecule has 0 radical (unpaired) electrons. The zero-order valence-electron chi connectivity index (χ0n) is 9.71. The highest BCUT2D eigenvalue weighted by atomic mass is 16.5. The SMILES string of the molecule is COc1cc(CNc2cc(N)ncn2)nn1C. The fraction of sp³-hybridized carbons (Fsp3) is 0.300. The summed E-state index contributed by atoms with van der Waals surface area (Å²) in [5.41, 5.74) is 6.41. The summed E-state index contributed by atoms with van der Waals surface area (Å²) in [4.78, 5) is 7.85. The van der Waals surface area contributed by atoms with E-state index in [1.54, 1.807) is 17.9 Å². The second-order valence-electron chi connectivity index (χ2n) is 3.48. The minimum Gasteiger partial charge on any atom is -0.481 e. The monoisotopic (exact) mass is 234 g/mol. The highest BCUT2D eigenvalue weighted by Crippen LogP contribution is 2.12. The van der Waals surface area contributed by atoms with E-state index in [2.05, 4.69) is 20.4 Å². The van der Waals surface area contributed by atoms with Gasteiger partial charge in [-0.05, 0) is 0 Å². The Bertz CT molecular complexity index is 509. The van der Waals surface area contributed by atoms with Crippen molar-refractivity contribution in [1.82, 2.24) is 19.7 Å². The molecule has 3 N–H and O–H groups in total. The molecular weight excluding hydrogens is 220 g/mol. The first kappa shape index (κ1) is 11.2. The van der Waals surface area contributed by atoms with Gasteiger partial charge in [-0.1, -0.05) is 0 Å². The van der Waals surface area contributed by atoms with E-state index in [9.17, 15) is 0 Å². The number of aromatic nitrogens is 4. The quantitative estimate of drug-likeness (QED) is 0.796. The van der Waals surface area contributed by atoms with Gasteiger partial charge >= 0.3 is 0 Å². The van der Waals surface area contributed by atoms with Crippen LogP contribution in [0.3, 0.4) is 0 Å². The van der Waals surface area contributed by atoms with Crippen LogP contribution in [0.4, 0.5) is 11.6 Å². The molecule has 0 amide bonds. The third-order valence-electron chi connectivity index (χ3n) is 2.24. The summed E-state index contributed by atoms with van der Waals surface area (Å²) >= 11 is 0. The van der Waals surface area contributed by atoms with E-state index in [1.165, 1.54) is 6.33 Å². The molecule has 0 fully saturated rings. The number of anilines is 2. The molecule has 0 aromatic carbocycles. The van der Waals surface area contributed by atoms with E-state index < -0.39 is 0 Å². The van der Waals surface area contributed by atoms with Crippen LogP contribution in [0.1, 0.15) is 5.69 Å². The Labute approximate surface area is 98.6 Å². The van der Waals surface area contributed by atoms with Crippen LogP contribution in [-0.4, -0.2) is 26.9 Å². The van der Waals surface area contributed by atoms with Crippen LogP contribution in [0.25, 0.3) is 0 Å². The number of nitrogens with zero attached hydrogens (tertiary/aromatic N) is 4. The lowest BCUT2D eigenvalue weighted by Gasteiger charge is -2.02. The van der Waals surface area contributed by atoms with Gasteiger partial charge in [0.05, 0.1) is 19.3 Å². The Morgan fingerprint density at radius 1 is 1.41 bits per heavy atom. The lowest BCUT2D eigenvalue weighted by molar-refractivity contribution is 0.373. The Morgan fingerprint density at radius 3 is 2.88 bits per heavy atom. The van der Waals surface area contributed by atoms with Gasteiger partial charge in [-0.2, -0.15) is 5.10 Å². The van der Waals surface area contributed by atoms with Gasteiger partial charge in [-0.3, -0.25) is 0 Å². The largest absolute Gasteiger partial charge is 0.481 e. The van der Waals surface area contributed by atoms with Crippen LogP contribution in [-0.2, 0) is 13.6 Å². The number of nitrogens with one attached hydrogen (secondary N) is 1. The Kier molecular flexibility index (Phi) is 3.08. The van der Waals surface area contributed by atoms with Gasteiger partial charge in [0.15, 0.2) is 0 Å². The average Bonchev–Trinajstić information content (AvgIpc) is 2.67. The molecule has 0 saturated carbocycles. The molecule has 2 heterocycles. The van der Waals surface area contributed by atoms with E-state index in [4.69, 9.17) is 10.5 Å². The van der Waals surface area contributed by atoms with Crippen molar-refractivity contribution in [2.75, 3.05) is 18.2 Å². The number of aryl methyl sites for hydroxylation is 1. The molecule has 2 rings (SSSR count). The maximum atomic E-state index is 5.55. The Balaban J connectivity index is 2.02. The highest BCUT2D eigenvalue weighted by molar-refractivity contribution is 5.43. The van der Waals surface area contributed by atoms with Crippen molar-refractivity contribution in [3.8, 4) is 5.88 Å². The van der Waals surface area contributed by atoms with Gasteiger partial charge in [0.2, 0.25) is 5.88 Å². The molecule has 0 bridgehead atoms. The number of ether oxygens (including phenoxy) is 1. The number of hydrogen-bond donors (Lipinski definition) is 2. The predicted molar refractivity (Wildman–Crippen MR) is 63.5 cm³/mol. The van der Waals surface area contributed by atoms with Crippen LogP contribution in [0, 0.1) is 0 Å². The second kappa shape index (κ2) is 4.69. The van der Waals surface area contributed by atoms with Crippen molar-refractivity contribution >= 4 is 11.6 Å². The molecule has 0 spiro atoms. The van der Waals surface area contributed by atoms with Gasteiger partial charge in [-0.15, -0.1) is 0 Å². The maximum Gasteiger partial charge on any atom is 0.211 e. The first-order chi connectivity index (χ1) is 8.19. The standard InChI is InChI=1S/C10H14N6O/c1-16-10(17-2)3-7(15-16)5-12-9-4-8(11)13-6-14-9/h3-4,6H,5H2,1-2H3,(H3,11,12,13,14). The molecule has 0 unspecified atom stereocenters. The van der Waals surface area contributed by atoms with Gasteiger partial charge in [-0.25, -0.2) is 14.6 Å². The topological polar surface area (TPSA) is 90.9 Å². The van der Waals surface area contributed by atoms with Gasteiger partial charge in [0.25, 0.3) is 0 Å². The van der Waals surface area contributed by atoms with Crippen molar-refractivity contribution in [3.63, 3.8) is 0 Å². The Morgan fingerprint density at radius 2 is 2.24 bits per heavy atom. The maximum absolute atomic E-state index is 5.55. The fourth-order valence-corrected chi connectivity index (χ4v) is 1.43. The Hall–Kier alpha value is -2.31. The van der Waals surface area contributed by atoms with E-state index in [1.807, 2.05) is 13.1 Å². The number of hydrogen-bond acceptors (Lipinski definition) is 6. The second-order valence-corrected chi connectivity index (χ2v) is 3.48. The molecule has 0 aliphatic heterocycles. The van der Waals surface area contributed by atoms with E-state index in [0.29, 0.717) is 24.1 Å². The minimum absolute atomic E-state index is 0.432. The summed E-state index contributed by atoms with van der Waals surface area (Å²) in [6.45, 7) is 0.549. The lowest BCUT2D eigenvalue weighted by Crippen LogP contribution is -2.04. The molecule has 7 heteroatoms.